The van der Waals surface area contributed by atoms with Gasteiger partial charge in [0.05, 0.1) is 16.2 Å². The van der Waals surface area contributed by atoms with Gasteiger partial charge in [-0.1, -0.05) is 6.07 Å². The van der Waals surface area contributed by atoms with E-state index >= 15 is 0 Å². The first-order valence-electron chi connectivity index (χ1n) is 5.46. The summed E-state index contributed by atoms with van der Waals surface area (Å²) in [6.45, 7) is 1.91. The first-order chi connectivity index (χ1) is 8.56. The minimum Gasteiger partial charge on any atom is -0.396 e. The Balaban J connectivity index is 2.70. The molecule has 0 aliphatic heterocycles. The van der Waals surface area contributed by atoms with Crippen molar-refractivity contribution in [1.29, 1.82) is 0 Å². The van der Waals surface area contributed by atoms with Gasteiger partial charge in [-0.25, -0.2) is 4.79 Å². The average Bonchev–Trinajstić information content (AvgIpc) is 2.32. The topological polar surface area (TPSA) is 104 Å². The molecule has 0 atom stereocenters. The Kier molecular flexibility index (Phi) is 5.06. The number of benzene rings is 1. The van der Waals surface area contributed by atoms with Crippen LogP contribution in [0.5, 0.6) is 0 Å². The third kappa shape index (κ3) is 3.70. The Bertz CT molecular complexity index is 448. The molecule has 0 saturated heterocycles. The van der Waals surface area contributed by atoms with Crippen LogP contribution in [0.15, 0.2) is 18.2 Å². The Morgan fingerprint density at radius 1 is 1.50 bits per heavy atom. The van der Waals surface area contributed by atoms with Crippen molar-refractivity contribution in [3.05, 3.63) is 33.9 Å². The lowest BCUT2D eigenvalue weighted by atomic mass is 10.1. The molecule has 2 amide bonds. The molecule has 1 aromatic rings. The highest BCUT2D eigenvalue weighted by atomic mass is 16.6. The fourth-order valence-corrected chi connectivity index (χ4v) is 1.40. The molecule has 98 valence electrons. The highest BCUT2D eigenvalue weighted by Gasteiger charge is 2.14. The fourth-order valence-electron chi connectivity index (χ4n) is 1.40. The molecule has 0 aliphatic carbocycles. The quantitative estimate of drug-likeness (QED) is 0.419. The zero-order chi connectivity index (χ0) is 13.5. The van der Waals surface area contributed by atoms with Crippen molar-refractivity contribution in [2.24, 2.45) is 0 Å². The smallest absolute Gasteiger partial charge is 0.319 e. The lowest BCUT2D eigenvalue weighted by Crippen LogP contribution is -2.30. The largest absolute Gasteiger partial charge is 0.396 e. The lowest BCUT2D eigenvalue weighted by molar-refractivity contribution is -0.385. The molecule has 0 fully saturated rings. The van der Waals surface area contributed by atoms with Crippen molar-refractivity contribution in [3.63, 3.8) is 0 Å². The summed E-state index contributed by atoms with van der Waals surface area (Å²) in [5, 5.41) is 24.3. The normalized spacial score (nSPS) is 9.89. The summed E-state index contributed by atoms with van der Waals surface area (Å²) in [6, 6.07) is 4.03. The number of nitrogens with zero attached hydrogens (tertiary/aromatic N) is 1. The van der Waals surface area contributed by atoms with Gasteiger partial charge in [-0.05, 0) is 19.4 Å². The number of carbonyl (C=O) groups excluding carboxylic acids is 1. The standard InChI is InChI=1S/C11H15N3O4/c1-8-9(4-2-5-10(8)14(17)18)13-11(16)12-6-3-7-15/h2,4-5,15H,3,6-7H2,1H3,(H2,12,13,16). The minimum atomic E-state index is -0.496. The molecule has 7 heteroatoms. The van der Waals surface area contributed by atoms with Crippen molar-refractivity contribution in [3.8, 4) is 0 Å². The number of nitrogens with one attached hydrogen (secondary N) is 2. The molecule has 0 spiro atoms. The van der Waals surface area contributed by atoms with Crippen LogP contribution in [0.2, 0.25) is 0 Å². The van der Waals surface area contributed by atoms with Gasteiger partial charge >= 0.3 is 6.03 Å². The first kappa shape index (κ1) is 13.9. The van der Waals surface area contributed by atoms with E-state index in [0.717, 1.165) is 0 Å². The van der Waals surface area contributed by atoms with Crippen LogP contribution < -0.4 is 10.6 Å². The van der Waals surface area contributed by atoms with Gasteiger partial charge in [0, 0.05) is 19.2 Å². The van der Waals surface area contributed by atoms with E-state index in [1.165, 1.54) is 12.1 Å². The van der Waals surface area contributed by atoms with E-state index < -0.39 is 11.0 Å². The monoisotopic (exact) mass is 253 g/mol. The number of hydrogen-bond acceptors (Lipinski definition) is 4. The van der Waals surface area contributed by atoms with Crippen LogP contribution >= 0.6 is 0 Å². The van der Waals surface area contributed by atoms with E-state index in [4.69, 9.17) is 5.11 Å². The fraction of sp³-hybridized carbons (Fsp3) is 0.364. The number of nitro benzene ring substituents is 1. The number of hydrogen-bond donors (Lipinski definition) is 3. The molecule has 0 heterocycles. The summed E-state index contributed by atoms with van der Waals surface area (Å²) < 4.78 is 0. The van der Waals surface area contributed by atoms with Crippen LogP contribution in [0.3, 0.4) is 0 Å². The summed E-state index contributed by atoms with van der Waals surface area (Å²) in [5.74, 6) is 0. The highest BCUT2D eigenvalue weighted by Crippen LogP contribution is 2.24. The summed E-state index contributed by atoms with van der Waals surface area (Å²) in [4.78, 5) is 21.7. The van der Waals surface area contributed by atoms with E-state index in [0.29, 0.717) is 24.2 Å². The molecule has 7 nitrogen and oxygen atoms in total. The molecular weight excluding hydrogens is 238 g/mol. The molecular formula is C11H15N3O4. The van der Waals surface area contributed by atoms with E-state index in [1.54, 1.807) is 13.0 Å². The summed E-state index contributed by atoms with van der Waals surface area (Å²) >= 11 is 0. The molecule has 0 aliphatic rings. The van der Waals surface area contributed by atoms with Gasteiger partial charge in [-0.3, -0.25) is 10.1 Å². The maximum atomic E-state index is 11.4. The molecule has 0 saturated carbocycles. The summed E-state index contributed by atoms with van der Waals surface area (Å²) in [5.41, 5.74) is 0.758. The van der Waals surface area contributed by atoms with Gasteiger partial charge in [0.2, 0.25) is 0 Å². The van der Waals surface area contributed by atoms with Crippen molar-refractivity contribution in [2.45, 2.75) is 13.3 Å². The van der Waals surface area contributed by atoms with Crippen LogP contribution in [0.1, 0.15) is 12.0 Å². The average molecular weight is 253 g/mol. The molecule has 0 aromatic heterocycles. The molecule has 0 radical (unpaired) electrons. The van der Waals surface area contributed by atoms with Crippen molar-refractivity contribution >= 4 is 17.4 Å². The van der Waals surface area contributed by atoms with Gasteiger partial charge in [0.25, 0.3) is 5.69 Å². The second-order valence-corrected chi connectivity index (χ2v) is 3.66. The summed E-state index contributed by atoms with van der Waals surface area (Å²) in [6.07, 6.45) is 0.460. The highest BCUT2D eigenvalue weighted by molar-refractivity contribution is 5.90. The SMILES string of the molecule is Cc1c(NC(=O)NCCCO)cccc1[N+](=O)[O-]. The van der Waals surface area contributed by atoms with E-state index in [1.807, 2.05) is 0 Å². The van der Waals surface area contributed by atoms with Crippen LogP contribution in [-0.2, 0) is 0 Å². The van der Waals surface area contributed by atoms with Gasteiger partial charge in [-0.15, -0.1) is 0 Å². The number of nitro groups is 1. The van der Waals surface area contributed by atoms with Gasteiger partial charge in [0.15, 0.2) is 0 Å². The molecule has 18 heavy (non-hydrogen) atoms. The van der Waals surface area contributed by atoms with Crippen molar-refractivity contribution in [2.75, 3.05) is 18.5 Å². The number of amides is 2. The Morgan fingerprint density at radius 2 is 2.22 bits per heavy atom. The number of aliphatic hydroxyl groups excluding tert-OH is 1. The number of urea groups is 1. The molecule has 0 unspecified atom stereocenters. The number of anilines is 1. The Hall–Kier alpha value is -2.15. The third-order valence-corrected chi connectivity index (χ3v) is 2.37. The predicted molar refractivity (Wildman–Crippen MR) is 66.6 cm³/mol. The maximum absolute atomic E-state index is 11.4. The minimum absolute atomic E-state index is 0.00385. The molecule has 1 aromatic carbocycles. The van der Waals surface area contributed by atoms with Crippen LogP contribution in [0.4, 0.5) is 16.2 Å². The number of rotatable bonds is 5. The van der Waals surface area contributed by atoms with E-state index in [9.17, 15) is 14.9 Å². The second kappa shape index (κ2) is 6.55. The Morgan fingerprint density at radius 3 is 2.83 bits per heavy atom. The molecule has 1 rings (SSSR count). The van der Waals surface area contributed by atoms with Gasteiger partial charge in [-0.2, -0.15) is 0 Å². The maximum Gasteiger partial charge on any atom is 0.319 e. The Labute approximate surface area is 104 Å². The predicted octanol–water partition coefficient (Wildman–Crippen LogP) is 1.41. The van der Waals surface area contributed by atoms with Crippen LogP contribution in [0, 0.1) is 17.0 Å². The van der Waals surface area contributed by atoms with Crippen molar-refractivity contribution in [1.82, 2.24) is 5.32 Å². The second-order valence-electron chi connectivity index (χ2n) is 3.66. The van der Waals surface area contributed by atoms with Crippen molar-refractivity contribution < 1.29 is 14.8 Å². The molecule has 0 bridgehead atoms. The number of carbonyl (C=O) groups is 1. The van der Waals surface area contributed by atoms with Crippen LogP contribution in [0.25, 0.3) is 0 Å². The van der Waals surface area contributed by atoms with E-state index in [2.05, 4.69) is 10.6 Å². The zero-order valence-corrected chi connectivity index (χ0v) is 9.97. The van der Waals surface area contributed by atoms with Crippen LogP contribution in [-0.4, -0.2) is 29.2 Å². The van der Waals surface area contributed by atoms with Gasteiger partial charge < -0.3 is 15.7 Å². The molecule has 3 N–H and O–H groups in total. The zero-order valence-electron chi connectivity index (χ0n) is 9.97. The first-order valence-corrected chi connectivity index (χ1v) is 5.46. The lowest BCUT2D eigenvalue weighted by Gasteiger charge is -2.09. The number of aliphatic hydroxyl groups is 1. The van der Waals surface area contributed by atoms with Gasteiger partial charge in [0.1, 0.15) is 0 Å². The van der Waals surface area contributed by atoms with E-state index in [-0.39, 0.29) is 12.3 Å². The third-order valence-electron chi connectivity index (χ3n) is 2.37. The summed E-state index contributed by atoms with van der Waals surface area (Å²) in [7, 11) is 0.